The van der Waals surface area contributed by atoms with Gasteiger partial charge in [-0.05, 0) is 12.1 Å². The summed E-state index contributed by atoms with van der Waals surface area (Å²) in [6.07, 6.45) is 1.21. The van der Waals surface area contributed by atoms with Crippen LogP contribution in [0.5, 0.6) is 0 Å². The third-order valence-electron chi connectivity index (χ3n) is 1.31. The van der Waals surface area contributed by atoms with Gasteiger partial charge in [-0.2, -0.15) is 0 Å². The minimum absolute atomic E-state index is 0.0146. The normalized spacial score (nSPS) is 12.9. The predicted octanol–water partition coefficient (Wildman–Crippen LogP) is 1.28. The number of halogens is 2. The highest BCUT2D eigenvalue weighted by molar-refractivity contribution is 7.84. The van der Waals surface area contributed by atoms with E-state index < -0.39 is 27.3 Å². The molecule has 66 valence electrons. The van der Waals surface area contributed by atoms with Gasteiger partial charge in [0.1, 0.15) is 16.5 Å². The molecule has 0 amide bonds. The Bertz CT molecular complexity index is 317. The molecule has 1 rings (SSSR count). The number of rotatable bonds is 1. The van der Waals surface area contributed by atoms with Gasteiger partial charge in [0.25, 0.3) is 0 Å². The van der Waals surface area contributed by atoms with Crippen LogP contribution in [0.1, 0.15) is 0 Å². The van der Waals surface area contributed by atoms with Gasteiger partial charge in [0.15, 0.2) is 0 Å². The molecule has 1 atom stereocenters. The van der Waals surface area contributed by atoms with E-state index in [0.29, 0.717) is 0 Å². The van der Waals surface area contributed by atoms with Crippen LogP contribution >= 0.6 is 0 Å². The van der Waals surface area contributed by atoms with Crippen molar-refractivity contribution in [3.05, 3.63) is 23.8 Å². The summed E-state index contributed by atoms with van der Waals surface area (Å²) in [5.41, 5.74) is 5.13. The van der Waals surface area contributed by atoms with Gasteiger partial charge in [0, 0.05) is 11.9 Å². The summed E-state index contributed by atoms with van der Waals surface area (Å²) in [6.45, 7) is 0. The van der Waals surface area contributed by atoms with Crippen LogP contribution in [0.2, 0.25) is 0 Å². The van der Waals surface area contributed by atoms with Crippen molar-refractivity contribution in [1.82, 2.24) is 0 Å². The molecule has 0 aromatic heterocycles. The topological polar surface area (TPSA) is 43.1 Å². The third kappa shape index (κ3) is 1.61. The molecule has 0 radical (unpaired) electrons. The van der Waals surface area contributed by atoms with Crippen LogP contribution in [0.15, 0.2) is 17.0 Å². The van der Waals surface area contributed by atoms with Crippen LogP contribution in [0.25, 0.3) is 0 Å². The van der Waals surface area contributed by atoms with Crippen molar-refractivity contribution in [3.8, 4) is 0 Å². The maximum Gasteiger partial charge on any atom is 0.144 e. The van der Waals surface area contributed by atoms with Crippen LogP contribution in [0.3, 0.4) is 0 Å². The fourth-order valence-corrected chi connectivity index (χ4v) is 1.52. The monoisotopic (exact) mass is 191 g/mol. The van der Waals surface area contributed by atoms with Gasteiger partial charge in [0.05, 0.1) is 10.8 Å². The molecule has 0 saturated heterocycles. The molecule has 2 N–H and O–H groups in total. The zero-order valence-corrected chi connectivity index (χ0v) is 7.12. The molecule has 5 heteroatoms. The summed E-state index contributed by atoms with van der Waals surface area (Å²) in [6, 6.07) is 1.89. The van der Waals surface area contributed by atoms with E-state index in [2.05, 4.69) is 0 Å². The van der Waals surface area contributed by atoms with E-state index in [1.165, 1.54) is 6.26 Å². The van der Waals surface area contributed by atoms with Crippen molar-refractivity contribution in [2.45, 2.75) is 4.90 Å². The average Bonchev–Trinajstić information content (AvgIpc) is 1.82. The smallest absolute Gasteiger partial charge is 0.144 e. The molecule has 0 aliphatic heterocycles. The first-order valence-corrected chi connectivity index (χ1v) is 4.66. The van der Waals surface area contributed by atoms with Crippen molar-refractivity contribution in [1.29, 1.82) is 0 Å². The minimum Gasteiger partial charge on any atom is -0.399 e. The third-order valence-corrected chi connectivity index (χ3v) is 2.27. The molecule has 0 fully saturated rings. The van der Waals surface area contributed by atoms with Gasteiger partial charge in [-0.3, -0.25) is 4.21 Å². The number of hydrogen-bond donors (Lipinski definition) is 1. The molecule has 0 aliphatic rings. The Morgan fingerprint density at radius 2 is 1.75 bits per heavy atom. The quantitative estimate of drug-likeness (QED) is 0.679. The number of anilines is 1. The van der Waals surface area contributed by atoms with Gasteiger partial charge in [-0.25, -0.2) is 8.78 Å². The van der Waals surface area contributed by atoms with Crippen LogP contribution < -0.4 is 5.73 Å². The lowest BCUT2D eigenvalue weighted by Gasteiger charge is -2.01. The SMILES string of the molecule is CS(=O)c1c(F)cc(N)cc1F. The molecular formula is C7H7F2NOS. The number of benzene rings is 1. The lowest BCUT2D eigenvalue weighted by Crippen LogP contribution is -1.99. The molecule has 0 heterocycles. The highest BCUT2D eigenvalue weighted by Gasteiger charge is 2.12. The molecule has 0 bridgehead atoms. The maximum atomic E-state index is 12.8. The van der Waals surface area contributed by atoms with Gasteiger partial charge in [-0.15, -0.1) is 0 Å². The molecule has 2 nitrogen and oxygen atoms in total. The van der Waals surface area contributed by atoms with E-state index in [4.69, 9.17) is 5.73 Å². The molecule has 0 aliphatic carbocycles. The second-order valence-electron chi connectivity index (χ2n) is 2.27. The fourth-order valence-electron chi connectivity index (χ4n) is 0.854. The van der Waals surface area contributed by atoms with Crippen molar-refractivity contribution in [2.24, 2.45) is 0 Å². The van der Waals surface area contributed by atoms with Crippen molar-refractivity contribution in [2.75, 3.05) is 12.0 Å². The second kappa shape index (κ2) is 3.18. The first-order valence-electron chi connectivity index (χ1n) is 3.10. The van der Waals surface area contributed by atoms with E-state index in [9.17, 15) is 13.0 Å². The summed E-state index contributed by atoms with van der Waals surface area (Å²) in [5.74, 6) is -1.73. The Morgan fingerprint density at radius 3 is 2.08 bits per heavy atom. The summed E-state index contributed by atoms with van der Waals surface area (Å²) in [5, 5.41) is 0. The zero-order chi connectivity index (χ0) is 9.30. The Morgan fingerprint density at radius 1 is 1.33 bits per heavy atom. The Balaban J connectivity index is 3.38. The van der Waals surface area contributed by atoms with Crippen molar-refractivity contribution in [3.63, 3.8) is 0 Å². The van der Waals surface area contributed by atoms with E-state index in [0.717, 1.165) is 12.1 Å². The molecule has 12 heavy (non-hydrogen) atoms. The molecule has 1 aromatic carbocycles. The van der Waals surface area contributed by atoms with Gasteiger partial charge < -0.3 is 5.73 Å². The molecule has 1 unspecified atom stereocenters. The average molecular weight is 191 g/mol. The number of nitrogens with two attached hydrogens (primary N) is 1. The first-order chi connectivity index (χ1) is 5.52. The number of nitrogen functional groups attached to an aromatic ring is 1. The van der Waals surface area contributed by atoms with E-state index in [1.807, 2.05) is 0 Å². The second-order valence-corrected chi connectivity index (χ2v) is 3.58. The van der Waals surface area contributed by atoms with Crippen LogP contribution in [-0.4, -0.2) is 10.5 Å². The van der Waals surface area contributed by atoms with Gasteiger partial charge in [-0.1, -0.05) is 0 Å². The van der Waals surface area contributed by atoms with Crippen LogP contribution in [0, 0.1) is 11.6 Å². The Labute approximate surface area is 70.8 Å². The lowest BCUT2D eigenvalue weighted by molar-refractivity contribution is 0.536. The highest BCUT2D eigenvalue weighted by Crippen LogP contribution is 2.19. The minimum atomic E-state index is -1.67. The fraction of sp³-hybridized carbons (Fsp3) is 0.143. The summed E-state index contributed by atoms with van der Waals surface area (Å²) in [4.78, 5) is -0.427. The maximum absolute atomic E-state index is 12.8. The van der Waals surface area contributed by atoms with Crippen LogP contribution in [-0.2, 0) is 10.8 Å². The summed E-state index contributed by atoms with van der Waals surface area (Å²) >= 11 is 0. The Kier molecular flexibility index (Phi) is 2.42. The predicted molar refractivity (Wildman–Crippen MR) is 43.1 cm³/mol. The standard InChI is InChI=1S/C7H7F2NOS/c1-12(11)7-5(8)2-4(10)3-6(7)9/h2-3H,10H2,1H3. The molecule has 1 aromatic rings. The highest BCUT2D eigenvalue weighted by atomic mass is 32.2. The molecule has 0 saturated carbocycles. The van der Waals surface area contributed by atoms with Crippen molar-refractivity contribution >= 4 is 16.5 Å². The van der Waals surface area contributed by atoms with E-state index in [1.54, 1.807) is 0 Å². The van der Waals surface area contributed by atoms with Gasteiger partial charge >= 0.3 is 0 Å². The van der Waals surface area contributed by atoms with Crippen LogP contribution in [0.4, 0.5) is 14.5 Å². The molecule has 0 spiro atoms. The summed E-state index contributed by atoms with van der Waals surface area (Å²) < 4.78 is 36.5. The largest absolute Gasteiger partial charge is 0.399 e. The first kappa shape index (κ1) is 9.12. The van der Waals surface area contributed by atoms with Gasteiger partial charge in [0.2, 0.25) is 0 Å². The zero-order valence-electron chi connectivity index (χ0n) is 6.30. The van der Waals surface area contributed by atoms with E-state index in [-0.39, 0.29) is 5.69 Å². The lowest BCUT2D eigenvalue weighted by atomic mass is 10.3. The Hall–Kier alpha value is -0.970. The summed E-state index contributed by atoms with van der Waals surface area (Å²) in [7, 11) is -1.67. The molecular weight excluding hydrogens is 184 g/mol. The van der Waals surface area contributed by atoms with Crippen molar-refractivity contribution < 1.29 is 13.0 Å². The van der Waals surface area contributed by atoms with E-state index >= 15 is 0 Å². The number of hydrogen-bond acceptors (Lipinski definition) is 2.